The van der Waals surface area contributed by atoms with Gasteiger partial charge < -0.3 is 15.5 Å². The highest BCUT2D eigenvalue weighted by Gasteiger charge is 2.24. The summed E-state index contributed by atoms with van der Waals surface area (Å²) in [6, 6.07) is 8.28. The van der Waals surface area contributed by atoms with E-state index >= 15 is 0 Å². The minimum absolute atomic E-state index is 0.0127. The number of rotatable bonds is 2. The van der Waals surface area contributed by atoms with Crippen LogP contribution in [-0.2, 0) is 0 Å². The van der Waals surface area contributed by atoms with Crippen molar-refractivity contribution >= 4 is 40.2 Å². The summed E-state index contributed by atoms with van der Waals surface area (Å²) in [4.78, 5) is 2.80. The Bertz CT molecular complexity index is 425. The first-order chi connectivity index (χ1) is 7.58. The molecule has 0 aromatic heterocycles. The molecule has 1 aromatic rings. The molecule has 1 fully saturated rings. The van der Waals surface area contributed by atoms with E-state index in [-0.39, 0.29) is 6.04 Å². The first-order valence-electron chi connectivity index (χ1n) is 4.96. The van der Waals surface area contributed by atoms with E-state index < -0.39 is 0 Å². The molecule has 3 nitrogen and oxygen atoms in total. The quantitative estimate of drug-likeness (QED) is 0.779. The zero-order chi connectivity index (χ0) is 11.7. The zero-order valence-corrected chi connectivity index (χ0v) is 10.8. The molecule has 0 radical (unpaired) electrons. The van der Waals surface area contributed by atoms with Crippen molar-refractivity contribution in [3.8, 4) is 0 Å². The highest BCUT2D eigenvalue weighted by Crippen LogP contribution is 2.20. The molecule has 1 aliphatic rings. The Kier molecular flexibility index (Phi) is 3.07. The lowest BCUT2D eigenvalue weighted by molar-refractivity contribution is 0.880. The third kappa shape index (κ3) is 2.15. The van der Waals surface area contributed by atoms with E-state index in [0.717, 1.165) is 10.6 Å². The Morgan fingerprint density at radius 3 is 2.19 bits per heavy atom. The summed E-state index contributed by atoms with van der Waals surface area (Å²) in [6.45, 7) is 0. The van der Waals surface area contributed by atoms with Crippen molar-refractivity contribution in [1.82, 2.24) is 10.6 Å². The number of hydrogen-bond acceptors (Lipinski definition) is 3. The fourth-order valence-corrected chi connectivity index (χ4v) is 2.21. The summed E-state index contributed by atoms with van der Waals surface area (Å²) in [5, 5.41) is 6.68. The lowest BCUT2D eigenvalue weighted by Crippen LogP contribution is -2.21. The molecule has 1 atom stereocenters. The molecule has 0 spiro atoms. The average molecular weight is 251 g/mol. The highest BCUT2D eigenvalue weighted by molar-refractivity contribution is 7.82. The third-order valence-corrected chi connectivity index (χ3v) is 3.07. The van der Waals surface area contributed by atoms with Gasteiger partial charge in [0.1, 0.15) is 11.0 Å². The van der Waals surface area contributed by atoms with Crippen molar-refractivity contribution in [2.75, 3.05) is 19.0 Å². The van der Waals surface area contributed by atoms with Crippen molar-refractivity contribution < 1.29 is 0 Å². The first-order valence-corrected chi connectivity index (χ1v) is 5.78. The van der Waals surface area contributed by atoms with E-state index in [2.05, 4.69) is 39.8 Å². The van der Waals surface area contributed by atoms with E-state index in [4.69, 9.17) is 24.4 Å². The predicted molar refractivity (Wildman–Crippen MR) is 75.0 cm³/mol. The first kappa shape index (κ1) is 11.3. The molecule has 5 heteroatoms. The molecule has 1 saturated heterocycles. The summed E-state index contributed by atoms with van der Waals surface area (Å²) >= 11 is 10.2. The van der Waals surface area contributed by atoms with E-state index in [1.54, 1.807) is 0 Å². The van der Waals surface area contributed by atoms with Gasteiger partial charge in [-0.05, 0) is 29.9 Å². The normalized spacial score (nSPS) is 19.2. The van der Waals surface area contributed by atoms with Gasteiger partial charge in [0.25, 0.3) is 0 Å². The maximum absolute atomic E-state index is 5.21. The fraction of sp³-hybridized carbons (Fsp3) is 0.273. The van der Waals surface area contributed by atoms with Crippen LogP contribution in [0.25, 0.3) is 0 Å². The SMILES string of the molecule is CN(C)c1ccc(C2NC(=S)NC2=S)cc1. The van der Waals surface area contributed by atoms with Gasteiger partial charge in [0, 0.05) is 19.8 Å². The van der Waals surface area contributed by atoms with Gasteiger partial charge in [0.2, 0.25) is 0 Å². The molecule has 0 aliphatic carbocycles. The predicted octanol–water partition coefficient (Wildman–Crippen LogP) is 1.60. The molecule has 16 heavy (non-hydrogen) atoms. The van der Waals surface area contributed by atoms with Crippen LogP contribution in [0.15, 0.2) is 24.3 Å². The van der Waals surface area contributed by atoms with Gasteiger partial charge in [-0.25, -0.2) is 0 Å². The molecular formula is C11H13N3S2. The molecule has 0 bridgehead atoms. The lowest BCUT2D eigenvalue weighted by Gasteiger charge is -2.14. The van der Waals surface area contributed by atoms with Crippen LogP contribution < -0.4 is 15.5 Å². The maximum Gasteiger partial charge on any atom is 0.172 e. The Labute approximate surface area is 106 Å². The second-order valence-corrected chi connectivity index (χ2v) is 4.73. The Morgan fingerprint density at radius 2 is 1.75 bits per heavy atom. The second-order valence-electron chi connectivity index (χ2n) is 3.88. The molecule has 0 saturated carbocycles. The van der Waals surface area contributed by atoms with Crippen molar-refractivity contribution in [1.29, 1.82) is 0 Å². The number of thiocarbonyl (C=S) groups is 2. The highest BCUT2D eigenvalue weighted by atomic mass is 32.1. The summed E-state index contributed by atoms with van der Waals surface area (Å²) in [5.74, 6) is 0. The molecule has 84 valence electrons. The minimum atomic E-state index is 0.0127. The van der Waals surface area contributed by atoms with Crippen LogP contribution in [0.3, 0.4) is 0 Å². The van der Waals surface area contributed by atoms with Crippen LogP contribution in [0.4, 0.5) is 5.69 Å². The van der Waals surface area contributed by atoms with Gasteiger partial charge in [-0.15, -0.1) is 0 Å². The van der Waals surface area contributed by atoms with E-state index in [1.807, 2.05) is 14.1 Å². The number of hydrogen-bond donors (Lipinski definition) is 2. The standard InChI is InChI=1S/C11H13N3S2/c1-14(2)8-5-3-7(4-6-8)9-10(15)13-11(16)12-9/h3-6,9H,1-2H3,(H2,12,13,15,16). The minimum Gasteiger partial charge on any atom is -0.378 e. The van der Waals surface area contributed by atoms with E-state index in [1.165, 1.54) is 5.69 Å². The van der Waals surface area contributed by atoms with Crippen LogP contribution in [0.2, 0.25) is 0 Å². The van der Waals surface area contributed by atoms with Gasteiger partial charge in [0.15, 0.2) is 5.11 Å². The Morgan fingerprint density at radius 1 is 1.12 bits per heavy atom. The van der Waals surface area contributed by atoms with Crippen LogP contribution in [0, 0.1) is 0 Å². The summed E-state index contributed by atoms with van der Waals surface area (Å²) in [6.07, 6.45) is 0. The smallest absolute Gasteiger partial charge is 0.172 e. The second kappa shape index (κ2) is 4.35. The Balaban J connectivity index is 2.22. The van der Waals surface area contributed by atoms with Crippen molar-refractivity contribution in [3.05, 3.63) is 29.8 Å². The lowest BCUT2D eigenvalue weighted by atomic mass is 10.1. The molecule has 1 unspecified atom stereocenters. The Hall–Kier alpha value is -1.20. The summed E-state index contributed by atoms with van der Waals surface area (Å²) in [7, 11) is 4.04. The van der Waals surface area contributed by atoms with Gasteiger partial charge in [0.05, 0.1) is 0 Å². The number of anilines is 1. The van der Waals surface area contributed by atoms with Crippen molar-refractivity contribution in [2.24, 2.45) is 0 Å². The monoisotopic (exact) mass is 251 g/mol. The van der Waals surface area contributed by atoms with Crippen LogP contribution in [0.1, 0.15) is 11.6 Å². The van der Waals surface area contributed by atoms with Crippen molar-refractivity contribution in [3.63, 3.8) is 0 Å². The largest absolute Gasteiger partial charge is 0.378 e. The van der Waals surface area contributed by atoms with Gasteiger partial charge in [-0.1, -0.05) is 24.4 Å². The molecule has 0 amide bonds. The van der Waals surface area contributed by atoms with Gasteiger partial charge in [-0.3, -0.25) is 0 Å². The molecule has 2 rings (SSSR count). The summed E-state index contributed by atoms with van der Waals surface area (Å²) < 4.78 is 0. The van der Waals surface area contributed by atoms with Gasteiger partial charge >= 0.3 is 0 Å². The number of benzene rings is 1. The molecule has 1 heterocycles. The van der Waals surface area contributed by atoms with Gasteiger partial charge in [-0.2, -0.15) is 0 Å². The average Bonchev–Trinajstić information content (AvgIpc) is 2.58. The van der Waals surface area contributed by atoms with Crippen LogP contribution >= 0.6 is 24.4 Å². The molecule has 1 aromatic carbocycles. The zero-order valence-electron chi connectivity index (χ0n) is 9.15. The van der Waals surface area contributed by atoms with Crippen molar-refractivity contribution in [2.45, 2.75) is 6.04 Å². The molecule has 2 N–H and O–H groups in total. The van der Waals surface area contributed by atoms with E-state index in [0.29, 0.717) is 5.11 Å². The molecule has 1 aliphatic heterocycles. The summed E-state index contributed by atoms with van der Waals surface area (Å²) in [5.41, 5.74) is 2.30. The third-order valence-electron chi connectivity index (χ3n) is 2.52. The van der Waals surface area contributed by atoms with Crippen LogP contribution in [0.5, 0.6) is 0 Å². The maximum atomic E-state index is 5.21. The fourth-order valence-electron chi connectivity index (χ4n) is 1.62. The number of nitrogens with one attached hydrogen (secondary N) is 2. The topological polar surface area (TPSA) is 27.3 Å². The number of nitrogens with zero attached hydrogens (tertiary/aromatic N) is 1. The molecular weight excluding hydrogens is 238 g/mol. The van der Waals surface area contributed by atoms with Crippen LogP contribution in [-0.4, -0.2) is 24.2 Å². The van der Waals surface area contributed by atoms with E-state index in [9.17, 15) is 0 Å².